The van der Waals surface area contributed by atoms with Gasteiger partial charge in [-0.05, 0) is 35.7 Å². The molecule has 4 nitrogen and oxygen atoms in total. The molecule has 2 aromatic carbocycles. The zero-order chi connectivity index (χ0) is 17.5. The summed E-state index contributed by atoms with van der Waals surface area (Å²) in [5, 5.41) is 2.87. The highest BCUT2D eigenvalue weighted by atomic mass is 19.1. The molecule has 0 aliphatic heterocycles. The zero-order valence-corrected chi connectivity index (χ0v) is 14.1. The predicted octanol–water partition coefficient (Wildman–Crippen LogP) is 3.34. The third kappa shape index (κ3) is 4.47. The summed E-state index contributed by atoms with van der Waals surface area (Å²) in [5.74, 6) is 0.538. The number of halogens is 1. The molecule has 0 spiro atoms. The Hall–Kier alpha value is -2.56. The van der Waals surface area contributed by atoms with Crippen LogP contribution >= 0.6 is 0 Å². The van der Waals surface area contributed by atoms with Crippen molar-refractivity contribution < 1.29 is 18.7 Å². The number of rotatable bonds is 7. The number of amides is 1. The molecule has 0 saturated carbocycles. The number of nitrogens with one attached hydrogen (secondary N) is 1. The number of ether oxygens (including phenoxy) is 2. The number of carbonyl (C=O) groups excluding carboxylic acids is 1. The highest BCUT2D eigenvalue weighted by Gasteiger charge is 2.15. The van der Waals surface area contributed by atoms with Crippen molar-refractivity contribution in [2.24, 2.45) is 5.92 Å². The van der Waals surface area contributed by atoms with E-state index in [0.717, 1.165) is 5.56 Å². The molecule has 0 radical (unpaired) electrons. The Morgan fingerprint density at radius 2 is 1.83 bits per heavy atom. The van der Waals surface area contributed by atoms with Gasteiger partial charge in [0.15, 0.2) is 11.5 Å². The maximum atomic E-state index is 13.7. The fourth-order valence-corrected chi connectivity index (χ4v) is 2.44. The molecule has 1 amide bonds. The molecule has 1 N–H and O–H groups in total. The first-order valence-electron chi connectivity index (χ1n) is 7.77. The molecule has 5 heteroatoms. The smallest absolute Gasteiger partial charge is 0.223 e. The first-order valence-corrected chi connectivity index (χ1v) is 7.77. The fourth-order valence-electron chi connectivity index (χ4n) is 2.44. The van der Waals surface area contributed by atoms with Gasteiger partial charge in [0.1, 0.15) is 5.82 Å². The fraction of sp³-hybridized carbons (Fsp3) is 0.316. The summed E-state index contributed by atoms with van der Waals surface area (Å²) in [6.07, 6.45) is 0.366. The molecule has 0 aromatic heterocycles. The van der Waals surface area contributed by atoms with Gasteiger partial charge in [-0.15, -0.1) is 0 Å². The van der Waals surface area contributed by atoms with E-state index in [0.29, 0.717) is 30.0 Å². The summed E-state index contributed by atoms with van der Waals surface area (Å²) in [7, 11) is 3.14. The first-order chi connectivity index (χ1) is 11.5. The Morgan fingerprint density at radius 3 is 2.50 bits per heavy atom. The second kappa shape index (κ2) is 8.34. The van der Waals surface area contributed by atoms with Crippen LogP contribution in [0.1, 0.15) is 18.1 Å². The van der Waals surface area contributed by atoms with Crippen LogP contribution in [0.3, 0.4) is 0 Å². The van der Waals surface area contributed by atoms with Crippen molar-refractivity contribution in [2.75, 3.05) is 14.2 Å². The van der Waals surface area contributed by atoms with Gasteiger partial charge < -0.3 is 14.8 Å². The van der Waals surface area contributed by atoms with E-state index in [4.69, 9.17) is 9.47 Å². The van der Waals surface area contributed by atoms with E-state index in [9.17, 15) is 9.18 Å². The lowest BCUT2D eigenvalue weighted by molar-refractivity contribution is -0.124. The minimum atomic E-state index is -0.318. The lowest BCUT2D eigenvalue weighted by Crippen LogP contribution is -2.30. The molecule has 2 rings (SSSR count). The molecule has 0 saturated heterocycles. The predicted molar refractivity (Wildman–Crippen MR) is 90.7 cm³/mol. The number of carbonyl (C=O) groups is 1. The van der Waals surface area contributed by atoms with E-state index in [1.165, 1.54) is 6.07 Å². The topological polar surface area (TPSA) is 47.6 Å². The standard InChI is InChI=1S/C19H22FNO3/c1-13(10-15-6-4-5-7-16(15)20)19(22)21-12-14-8-9-17(23-2)18(11-14)24-3/h4-9,11,13H,10,12H2,1-3H3,(H,21,22). The summed E-state index contributed by atoms with van der Waals surface area (Å²) in [4.78, 5) is 12.2. The van der Waals surface area contributed by atoms with Crippen molar-refractivity contribution in [3.8, 4) is 11.5 Å². The van der Waals surface area contributed by atoms with Crippen LogP contribution in [0.25, 0.3) is 0 Å². The number of methoxy groups -OCH3 is 2. The molecule has 1 unspecified atom stereocenters. The van der Waals surface area contributed by atoms with Crippen LogP contribution < -0.4 is 14.8 Å². The second-order valence-electron chi connectivity index (χ2n) is 5.60. The first kappa shape index (κ1) is 17.8. The summed E-state index contributed by atoms with van der Waals surface area (Å²) in [6, 6.07) is 12.0. The van der Waals surface area contributed by atoms with Crippen molar-refractivity contribution in [1.29, 1.82) is 0 Å². The van der Waals surface area contributed by atoms with Gasteiger partial charge in [-0.1, -0.05) is 31.2 Å². The van der Waals surface area contributed by atoms with Crippen LogP contribution in [-0.2, 0) is 17.8 Å². The Labute approximate surface area is 141 Å². The van der Waals surface area contributed by atoms with E-state index >= 15 is 0 Å². The maximum Gasteiger partial charge on any atom is 0.223 e. The number of benzene rings is 2. The Kier molecular flexibility index (Phi) is 6.18. The highest BCUT2D eigenvalue weighted by molar-refractivity contribution is 5.78. The van der Waals surface area contributed by atoms with Gasteiger partial charge in [0.05, 0.1) is 14.2 Å². The van der Waals surface area contributed by atoms with Crippen molar-refractivity contribution in [2.45, 2.75) is 19.9 Å². The van der Waals surface area contributed by atoms with Crippen LogP contribution in [0, 0.1) is 11.7 Å². The molecule has 0 aliphatic carbocycles. The Bertz CT molecular complexity index is 703. The highest BCUT2D eigenvalue weighted by Crippen LogP contribution is 2.27. The second-order valence-corrected chi connectivity index (χ2v) is 5.60. The van der Waals surface area contributed by atoms with E-state index in [2.05, 4.69) is 5.32 Å². The van der Waals surface area contributed by atoms with Crippen LogP contribution in [0.5, 0.6) is 11.5 Å². The van der Waals surface area contributed by atoms with Crippen LogP contribution in [0.4, 0.5) is 4.39 Å². The quantitative estimate of drug-likeness (QED) is 0.846. The van der Waals surface area contributed by atoms with Crippen LogP contribution in [0.15, 0.2) is 42.5 Å². The van der Waals surface area contributed by atoms with Gasteiger partial charge in [0.25, 0.3) is 0 Å². The third-order valence-electron chi connectivity index (χ3n) is 3.85. The zero-order valence-electron chi connectivity index (χ0n) is 14.1. The minimum Gasteiger partial charge on any atom is -0.493 e. The Balaban J connectivity index is 1.94. The summed E-state index contributed by atoms with van der Waals surface area (Å²) in [6.45, 7) is 2.16. The molecule has 0 aliphatic rings. The summed E-state index contributed by atoms with van der Waals surface area (Å²) in [5.41, 5.74) is 1.45. The molecule has 1 atom stereocenters. The van der Waals surface area contributed by atoms with Gasteiger partial charge >= 0.3 is 0 Å². The molecule has 2 aromatic rings. The average molecular weight is 331 g/mol. The van der Waals surface area contributed by atoms with Gasteiger partial charge in [0.2, 0.25) is 5.91 Å². The SMILES string of the molecule is COc1ccc(CNC(=O)C(C)Cc2ccccc2F)cc1OC. The van der Waals surface area contributed by atoms with Crippen molar-refractivity contribution in [3.63, 3.8) is 0 Å². The monoisotopic (exact) mass is 331 g/mol. The summed E-state index contributed by atoms with van der Waals surface area (Å²) >= 11 is 0. The third-order valence-corrected chi connectivity index (χ3v) is 3.85. The van der Waals surface area contributed by atoms with Crippen LogP contribution in [0.2, 0.25) is 0 Å². The molecule has 24 heavy (non-hydrogen) atoms. The Morgan fingerprint density at radius 1 is 1.12 bits per heavy atom. The molecule has 128 valence electrons. The minimum absolute atomic E-state index is 0.118. The summed E-state index contributed by atoms with van der Waals surface area (Å²) < 4.78 is 24.1. The van der Waals surface area contributed by atoms with Crippen molar-refractivity contribution >= 4 is 5.91 Å². The van der Waals surface area contributed by atoms with Crippen molar-refractivity contribution in [1.82, 2.24) is 5.32 Å². The largest absolute Gasteiger partial charge is 0.493 e. The number of hydrogen-bond donors (Lipinski definition) is 1. The number of hydrogen-bond acceptors (Lipinski definition) is 3. The lowest BCUT2D eigenvalue weighted by Gasteiger charge is -2.14. The van der Waals surface area contributed by atoms with E-state index in [1.807, 2.05) is 12.1 Å². The molecule has 0 bridgehead atoms. The molecule has 0 fully saturated rings. The molecular formula is C19H22FNO3. The van der Waals surface area contributed by atoms with E-state index < -0.39 is 0 Å². The van der Waals surface area contributed by atoms with E-state index in [1.54, 1.807) is 45.4 Å². The van der Waals surface area contributed by atoms with Gasteiger partial charge in [-0.2, -0.15) is 0 Å². The molecular weight excluding hydrogens is 309 g/mol. The van der Waals surface area contributed by atoms with Gasteiger partial charge in [0, 0.05) is 12.5 Å². The van der Waals surface area contributed by atoms with E-state index in [-0.39, 0.29) is 17.6 Å². The maximum absolute atomic E-state index is 13.7. The van der Waals surface area contributed by atoms with Crippen molar-refractivity contribution in [3.05, 3.63) is 59.4 Å². The lowest BCUT2D eigenvalue weighted by atomic mass is 10.00. The van der Waals surface area contributed by atoms with Gasteiger partial charge in [-0.25, -0.2) is 4.39 Å². The van der Waals surface area contributed by atoms with Crippen LogP contribution in [-0.4, -0.2) is 20.1 Å². The van der Waals surface area contributed by atoms with Gasteiger partial charge in [-0.3, -0.25) is 4.79 Å². The molecule has 0 heterocycles. The normalized spacial score (nSPS) is 11.7. The average Bonchev–Trinajstić information content (AvgIpc) is 2.61.